The fraction of sp³-hybridized carbons (Fsp3) is 0.471. The van der Waals surface area contributed by atoms with Crippen molar-refractivity contribution in [3.8, 4) is 0 Å². The van der Waals surface area contributed by atoms with Gasteiger partial charge in [0.05, 0.1) is 6.10 Å². The number of rotatable bonds is 8. The average molecular weight is 452 g/mol. The first-order valence-corrected chi connectivity index (χ1v) is 7.81. The molecule has 1 N–H and O–H groups in total. The van der Waals surface area contributed by atoms with Crippen molar-refractivity contribution in [2.24, 2.45) is 4.99 Å². The zero-order chi connectivity index (χ0) is 16.4. The van der Waals surface area contributed by atoms with Crippen LogP contribution in [0.4, 0.5) is 0 Å². The third-order valence-electron chi connectivity index (χ3n) is 3.43. The molecule has 0 amide bonds. The predicted octanol–water partition coefficient (Wildman–Crippen LogP) is 4.12. The summed E-state index contributed by atoms with van der Waals surface area (Å²) in [4.78, 5) is 6.41. The Kier molecular flexibility index (Phi) is 12.2. The Morgan fingerprint density at radius 3 is 2.83 bits per heavy atom. The molecular weight excluding hydrogens is 425 g/mol. The number of hydrogen-bond donors (Lipinski definition) is 1. The molecule has 1 aromatic carbocycles. The number of halogens is 2. The highest BCUT2D eigenvalue weighted by atomic mass is 127. The molecule has 0 saturated heterocycles. The van der Waals surface area contributed by atoms with E-state index in [-0.39, 0.29) is 30.1 Å². The van der Waals surface area contributed by atoms with Gasteiger partial charge in [-0.25, -0.2) is 0 Å². The summed E-state index contributed by atoms with van der Waals surface area (Å²) in [7, 11) is 5.51. The van der Waals surface area contributed by atoms with Crippen molar-refractivity contribution in [2.75, 3.05) is 34.3 Å². The van der Waals surface area contributed by atoms with Gasteiger partial charge in [-0.15, -0.1) is 30.6 Å². The third kappa shape index (κ3) is 8.04. The molecule has 1 atom stereocenters. The fourth-order valence-corrected chi connectivity index (χ4v) is 2.39. The van der Waals surface area contributed by atoms with E-state index in [2.05, 4.69) is 21.8 Å². The van der Waals surface area contributed by atoms with Gasteiger partial charge in [-0.3, -0.25) is 4.99 Å². The van der Waals surface area contributed by atoms with E-state index in [0.717, 1.165) is 30.9 Å². The number of allylic oxidation sites excluding steroid dienone is 1. The van der Waals surface area contributed by atoms with Gasteiger partial charge in [-0.2, -0.15) is 0 Å². The monoisotopic (exact) mass is 451 g/mol. The Morgan fingerprint density at radius 2 is 2.26 bits per heavy atom. The van der Waals surface area contributed by atoms with Crippen LogP contribution in [0, 0.1) is 0 Å². The van der Waals surface area contributed by atoms with Gasteiger partial charge in [0, 0.05) is 39.3 Å². The summed E-state index contributed by atoms with van der Waals surface area (Å²) >= 11 is 6.04. The van der Waals surface area contributed by atoms with E-state index in [1.807, 2.05) is 37.4 Å². The maximum atomic E-state index is 6.04. The van der Waals surface area contributed by atoms with E-state index in [1.165, 1.54) is 0 Å². The molecule has 0 fully saturated rings. The van der Waals surface area contributed by atoms with E-state index in [0.29, 0.717) is 11.6 Å². The molecule has 0 aliphatic heterocycles. The maximum absolute atomic E-state index is 6.04. The van der Waals surface area contributed by atoms with Gasteiger partial charge in [-0.1, -0.05) is 29.8 Å². The van der Waals surface area contributed by atoms with Crippen molar-refractivity contribution in [3.63, 3.8) is 0 Å². The first kappa shape index (κ1) is 22.2. The molecule has 0 saturated carbocycles. The van der Waals surface area contributed by atoms with Crippen LogP contribution in [0.5, 0.6) is 0 Å². The highest BCUT2D eigenvalue weighted by Gasteiger charge is 2.13. The van der Waals surface area contributed by atoms with Crippen LogP contribution < -0.4 is 5.32 Å². The quantitative estimate of drug-likeness (QED) is 0.212. The summed E-state index contributed by atoms with van der Waals surface area (Å²) in [6.07, 6.45) is 3.93. The maximum Gasteiger partial charge on any atom is 0.193 e. The summed E-state index contributed by atoms with van der Waals surface area (Å²) in [6.45, 7) is 5.31. The minimum Gasteiger partial charge on any atom is -0.375 e. The Bertz CT molecular complexity index is 496. The van der Waals surface area contributed by atoms with Gasteiger partial charge < -0.3 is 15.0 Å². The van der Waals surface area contributed by atoms with Gasteiger partial charge in [-0.05, 0) is 30.5 Å². The van der Waals surface area contributed by atoms with Crippen LogP contribution in [0.3, 0.4) is 0 Å². The minimum absolute atomic E-state index is 0. The van der Waals surface area contributed by atoms with Gasteiger partial charge in [0.25, 0.3) is 0 Å². The summed E-state index contributed by atoms with van der Waals surface area (Å²) < 4.78 is 5.56. The topological polar surface area (TPSA) is 36.9 Å². The number of aliphatic imine (C=N–C) groups is 1. The van der Waals surface area contributed by atoms with Crippen LogP contribution in [-0.4, -0.2) is 45.2 Å². The van der Waals surface area contributed by atoms with Gasteiger partial charge >= 0.3 is 0 Å². The summed E-state index contributed by atoms with van der Waals surface area (Å²) in [5.41, 5.74) is 1.05. The molecule has 0 heterocycles. The standard InChI is InChI=1S/C17H26ClN3O.HI/c1-5-6-7-11-21(3)17(19-2)20-13-16(22-4)14-9-8-10-15(18)12-14;/h5,8-10,12,16H,1,6-7,11,13H2,2-4H3,(H,19,20);1H. The molecule has 0 radical (unpaired) electrons. The van der Waals surface area contributed by atoms with Crippen LogP contribution >= 0.6 is 35.6 Å². The molecule has 0 bridgehead atoms. The van der Waals surface area contributed by atoms with Crippen molar-refractivity contribution in [2.45, 2.75) is 18.9 Å². The van der Waals surface area contributed by atoms with E-state index < -0.39 is 0 Å². The van der Waals surface area contributed by atoms with Crippen molar-refractivity contribution in [1.82, 2.24) is 10.2 Å². The molecule has 1 unspecified atom stereocenters. The fourth-order valence-electron chi connectivity index (χ4n) is 2.19. The van der Waals surface area contributed by atoms with Crippen molar-refractivity contribution < 1.29 is 4.74 Å². The van der Waals surface area contributed by atoms with Crippen molar-refractivity contribution in [1.29, 1.82) is 0 Å². The lowest BCUT2D eigenvalue weighted by Gasteiger charge is -2.24. The smallest absolute Gasteiger partial charge is 0.193 e. The number of hydrogen-bond acceptors (Lipinski definition) is 2. The van der Waals surface area contributed by atoms with Crippen LogP contribution in [0.25, 0.3) is 0 Å². The second kappa shape index (κ2) is 12.6. The molecule has 6 heteroatoms. The predicted molar refractivity (Wildman–Crippen MR) is 110 cm³/mol. The van der Waals surface area contributed by atoms with Crippen LogP contribution in [0.1, 0.15) is 24.5 Å². The SMILES string of the molecule is C=CCCCN(C)C(=NC)NCC(OC)c1cccc(Cl)c1.I. The van der Waals surface area contributed by atoms with Gasteiger partial charge in [0.15, 0.2) is 5.96 Å². The molecule has 0 aliphatic rings. The third-order valence-corrected chi connectivity index (χ3v) is 3.66. The lowest BCUT2D eigenvalue weighted by atomic mass is 10.1. The van der Waals surface area contributed by atoms with Gasteiger partial charge in [0.1, 0.15) is 0 Å². The van der Waals surface area contributed by atoms with E-state index >= 15 is 0 Å². The van der Waals surface area contributed by atoms with Gasteiger partial charge in [0.2, 0.25) is 0 Å². The summed E-state index contributed by atoms with van der Waals surface area (Å²) in [5, 5.41) is 4.06. The molecule has 1 rings (SSSR count). The van der Waals surface area contributed by atoms with Crippen LogP contribution in [0.15, 0.2) is 41.9 Å². The second-order valence-corrected chi connectivity index (χ2v) is 5.50. The molecule has 23 heavy (non-hydrogen) atoms. The van der Waals surface area contributed by atoms with E-state index in [1.54, 1.807) is 14.2 Å². The first-order chi connectivity index (χ1) is 10.6. The largest absolute Gasteiger partial charge is 0.375 e. The van der Waals surface area contributed by atoms with Crippen LogP contribution in [0.2, 0.25) is 5.02 Å². The average Bonchev–Trinajstić information content (AvgIpc) is 2.52. The number of guanidine groups is 1. The Morgan fingerprint density at radius 1 is 1.52 bits per heavy atom. The molecule has 0 aliphatic carbocycles. The van der Waals surface area contributed by atoms with Crippen molar-refractivity contribution in [3.05, 3.63) is 47.5 Å². The molecule has 4 nitrogen and oxygen atoms in total. The highest BCUT2D eigenvalue weighted by Crippen LogP contribution is 2.19. The summed E-state index contributed by atoms with van der Waals surface area (Å²) in [6, 6.07) is 7.73. The molecule has 1 aromatic rings. The first-order valence-electron chi connectivity index (χ1n) is 7.43. The molecular formula is C17H27ClIN3O. The van der Waals surface area contributed by atoms with Crippen molar-refractivity contribution >= 4 is 41.5 Å². The number of nitrogens with one attached hydrogen (secondary N) is 1. The number of nitrogens with zero attached hydrogens (tertiary/aromatic N) is 2. The second-order valence-electron chi connectivity index (χ2n) is 5.06. The molecule has 0 aromatic heterocycles. The molecule has 130 valence electrons. The van der Waals surface area contributed by atoms with E-state index in [4.69, 9.17) is 16.3 Å². The zero-order valence-corrected chi connectivity index (χ0v) is 17.2. The Labute approximate surface area is 162 Å². The summed E-state index contributed by atoms with van der Waals surface area (Å²) in [5.74, 6) is 0.855. The Balaban J connectivity index is 0.00000484. The molecule has 0 spiro atoms. The van der Waals surface area contributed by atoms with E-state index in [9.17, 15) is 0 Å². The normalized spacial score (nSPS) is 12.3. The minimum atomic E-state index is -0.0722. The lowest BCUT2D eigenvalue weighted by molar-refractivity contribution is 0.106. The number of benzene rings is 1. The Hall–Kier alpha value is -0.790. The number of ether oxygens (including phenoxy) is 1. The van der Waals surface area contributed by atoms with Crippen LogP contribution in [-0.2, 0) is 4.74 Å². The number of unbranched alkanes of at least 4 members (excludes halogenated alkanes) is 1. The number of methoxy groups -OCH3 is 1. The highest BCUT2D eigenvalue weighted by molar-refractivity contribution is 14.0. The lowest BCUT2D eigenvalue weighted by Crippen LogP contribution is -2.41. The zero-order valence-electron chi connectivity index (χ0n) is 14.1.